The number of para-hydroxylation sites is 2. The molecule has 0 bridgehead atoms. The van der Waals surface area contributed by atoms with Crippen LogP contribution in [0.4, 0.5) is 6.01 Å². The van der Waals surface area contributed by atoms with Gasteiger partial charge in [0, 0.05) is 0 Å². The number of aromatic nitrogens is 1. The zero-order chi connectivity index (χ0) is 16.4. The maximum Gasteiger partial charge on any atom is 0.302 e. The number of hydrogen-bond acceptors (Lipinski definition) is 4. The average Bonchev–Trinajstić information content (AvgIpc) is 2.88. The van der Waals surface area contributed by atoms with Gasteiger partial charge in [0.1, 0.15) is 5.52 Å². The number of nitrogens with zero attached hydrogens (tertiary/aromatic N) is 2. The fourth-order valence-electron chi connectivity index (χ4n) is 1.95. The number of fused-ring (bicyclic) bond motifs is 1. The zero-order valence-corrected chi connectivity index (χ0v) is 13.0. The smallest absolute Gasteiger partial charge is 0.302 e. The van der Waals surface area contributed by atoms with Crippen molar-refractivity contribution in [1.29, 1.82) is 0 Å². The average molecular weight is 330 g/mol. The molecule has 8 heteroatoms. The summed E-state index contributed by atoms with van der Waals surface area (Å²) in [5.41, 5.74) is 7.78. The maximum absolute atomic E-state index is 12.2. The Labute approximate surface area is 132 Å². The van der Waals surface area contributed by atoms with Crippen molar-refractivity contribution in [3.63, 3.8) is 0 Å². The first kappa shape index (κ1) is 15.0. The van der Waals surface area contributed by atoms with Gasteiger partial charge >= 0.3 is 6.01 Å². The monoisotopic (exact) mass is 330 g/mol. The van der Waals surface area contributed by atoms with Gasteiger partial charge in [-0.1, -0.05) is 29.8 Å². The predicted molar refractivity (Wildman–Crippen MR) is 87.6 cm³/mol. The molecule has 0 aliphatic rings. The summed E-state index contributed by atoms with van der Waals surface area (Å²) in [6.07, 6.45) is 0. The number of anilines is 1. The van der Waals surface area contributed by atoms with Crippen molar-refractivity contribution < 1.29 is 12.8 Å². The minimum absolute atomic E-state index is 0.0606. The molecule has 0 aliphatic heterocycles. The fourth-order valence-corrected chi connectivity index (χ4v) is 2.84. The normalized spacial score (nSPS) is 12.5. The Morgan fingerprint density at radius 2 is 1.87 bits per heavy atom. The van der Waals surface area contributed by atoms with E-state index in [9.17, 15) is 8.42 Å². The van der Waals surface area contributed by atoms with Crippen LogP contribution in [0.1, 0.15) is 5.56 Å². The van der Waals surface area contributed by atoms with Crippen LogP contribution in [0.5, 0.6) is 0 Å². The third kappa shape index (κ3) is 3.32. The largest absolute Gasteiger partial charge is 0.423 e. The van der Waals surface area contributed by atoms with Crippen molar-refractivity contribution >= 4 is 33.1 Å². The molecule has 118 valence electrons. The number of hydrogen-bond donors (Lipinski definition) is 2. The van der Waals surface area contributed by atoms with Crippen molar-refractivity contribution in [3.05, 3.63) is 54.1 Å². The molecular weight excluding hydrogens is 316 g/mol. The summed E-state index contributed by atoms with van der Waals surface area (Å²) < 4.78 is 33.2. The Balaban J connectivity index is 1.85. The number of guanidine groups is 1. The lowest BCUT2D eigenvalue weighted by molar-refractivity contribution is 0.598. The lowest BCUT2D eigenvalue weighted by Gasteiger charge is -2.02. The summed E-state index contributed by atoms with van der Waals surface area (Å²) in [5.74, 6) is -0.322. The highest BCUT2D eigenvalue weighted by molar-refractivity contribution is 7.90. The second kappa shape index (κ2) is 5.73. The molecule has 1 heterocycles. The Morgan fingerprint density at radius 3 is 2.57 bits per heavy atom. The molecule has 7 nitrogen and oxygen atoms in total. The van der Waals surface area contributed by atoms with E-state index >= 15 is 0 Å². The van der Waals surface area contributed by atoms with E-state index in [1.54, 1.807) is 30.3 Å². The first-order chi connectivity index (χ1) is 10.9. The molecule has 0 saturated carbocycles. The van der Waals surface area contributed by atoms with Gasteiger partial charge in [0.05, 0.1) is 4.90 Å². The number of nitrogens with two attached hydrogens (primary N) is 1. The van der Waals surface area contributed by atoms with Crippen LogP contribution in [0.25, 0.3) is 11.1 Å². The van der Waals surface area contributed by atoms with E-state index < -0.39 is 10.0 Å². The summed E-state index contributed by atoms with van der Waals surface area (Å²) >= 11 is 0. The van der Waals surface area contributed by atoms with E-state index in [1.165, 1.54) is 12.1 Å². The Bertz CT molecular complexity index is 942. The van der Waals surface area contributed by atoms with Gasteiger partial charge < -0.3 is 10.2 Å². The van der Waals surface area contributed by atoms with Gasteiger partial charge in [-0.3, -0.25) is 5.32 Å². The van der Waals surface area contributed by atoms with Crippen LogP contribution in [0, 0.1) is 6.92 Å². The van der Waals surface area contributed by atoms with E-state index in [4.69, 9.17) is 10.2 Å². The molecule has 2 aromatic carbocycles. The third-order valence-corrected chi connectivity index (χ3v) is 4.37. The Morgan fingerprint density at radius 1 is 1.17 bits per heavy atom. The summed E-state index contributed by atoms with van der Waals surface area (Å²) in [5, 5.41) is 2.54. The molecule has 0 fully saturated rings. The predicted octanol–water partition coefficient (Wildman–Crippen LogP) is 2.25. The molecule has 0 spiro atoms. The minimum Gasteiger partial charge on any atom is -0.423 e. The van der Waals surface area contributed by atoms with Gasteiger partial charge in [0.25, 0.3) is 10.0 Å². The quantitative estimate of drug-likeness (QED) is 0.563. The lowest BCUT2D eigenvalue weighted by Crippen LogP contribution is -2.24. The van der Waals surface area contributed by atoms with Crippen molar-refractivity contribution in [3.8, 4) is 0 Å². The highest BCUT2D eigenvalue weighted by Crippen LogP contribution is 2.18. The Hall–Kier alpha value is -2.87. The molecule has 0 aliphatic carbocycles. The van der Waals surface area contributed by atoms with Crippen LogP contribution >= 0.6 is 0 Å². The van der Waals surface area contributed by atoms with Gasteiger partial charge in [-0.25, -0.2) is 0 Å². The minimum atomic E-state index is -3.90. The van der Waals surface area contributed by atoms with Crippen LogP contribution in [0.2, 0.25) is 0 Å². The molecule has 0 amide bonds. The van der Waals surface area contributed by atoms with Crippen molar-refractivity contribution in [2.45, 2.75) is 11.8 Å². The van der Waals surface area contributed by atoms with Crippen LogP contribution in [-0.2, 0) is 10.0 Å². The second-order valence-corrected chi connectivity index (χ2v) is 6.48. The van der Waals surface area contributed by atoms with Gasteiger partial charge in [-0.15, -0.1) is 4.40 Å². The summed E-state index contributed by atoms with van der Waals surface area (Å²) in [6.45, 7) is 1.86. The Kier molecular flexibility index (Phi) is 3.75. The first-order valence-electron chi connectivity index (χ1n) is 6.74. The third-order valence-electron chi connectivity index (χ3n) is 3.07. The molecule has 23 heavy (non-hydrogen) atoms. The highest BCUT2D eigenvalue weighted by atomic mass is 32.2. The van der Waals surface area contributed by atoms with Crippen LogP contribution in [0.3, 0.4) is 0 Å². The molecule has 1 aromatic heterocycles. The number of aryl methyl sites for hydroxylation is 1. The summed E-state index contributed by atoms with van der Waals surface area (Å²) in [7, 11) is -3.90. The fraction of sp³-hybridized carbons (Fsp3) is 0.0667. The van der Waals surface area contributed by atoms with Gasteiger partial charge in [-0.2, -0.15) is 13.4 Å². The summed E-state index contributed by atoms with van der Waals surface area (Å²) in [4.78, 5) is 4.19. The number of rotatable bonds is 3. The van der Waals surface area contributed by atoms with Crippen molar-refractivity contribution in [2.24, 2.45) is 10.1 Å². The second-order valence-electron chi connectivity index (χ2n) is 4.88. The molecule has 3 N–H and O–H groups in total. The van der Waals surface area contributed by atoms with Crippen molar-refractivity contribution in [1.82, 2.24) is 4.98 Å². The van der Waals surface area contributed by atoms with E-state index in [0.717, 1.165) is 5.56 Å². The number of oxazole rings is 1. The highest BCUT2D eigenvalue weighted by Gasteiger charge is 2.14. The van der Waals surface area contributed by atoms with Crippen LogP contribution in [-0.4, -0.2) is 19.4 Å². The lowest BCUT2D eigenvalue weighted by atomic mass is 10.2. The molecule has 0 radical (unpaired) electrons. The molecule has 0 saturated heterocycles. The molecule has 0 atom stereocenters. The van der Waals surface area contributed by atoms with Crippen LogP contribution in [0.15, 0.2) is 62.2 Å². The van der Waals surface area contributed by atoms with E-state index in [2.05, 4.69) is 14.7 Å². The summed E-state index contributed by atoms with van der Waals surface area (Å²) in [6, 6.07) is 13.5. The first-order valence-corrected chi connectivity index (χ1v) is 8.18. The van der Waals surface area contributed by atoms with Crippen molar-refractivity contribution in [2.75, 3.05) is 5.32 Å². The van der Waals surface area contributed by atoms with Gasteiger partial charge in [0.15, 0.2) is 5.58 Å². The molecule has 0 unspecified atom stereocenters. The zero-order valence-electron chi connectivity index (χ0n) is 12.2. The number of nitrogens with one attached hydrogen (secondary N) is 1. The number of benzene rings is 2. The van der Waals surface area contributed by atoms with Gasteiger partial charge in [0.2, 0.25) is 5.96 Å². The maximum atomic E-state index is 12.2. The number of sulfonamides is 1. The molecular formula is C15H14N4O3S. The molecule has 3 rings (SSSR count). The van der Waals surface area contributed by atoms with Crippen LogP contribution < -0.4 is 11.1 Å². The van der Waals surface area contributed by atoms with E-state index in [0.29, 0.717) is 11.1 Å². The SMILES string of the molecule is Cc1ccc(S(=O)(=O)/N=C(\N)Nc2nc3ccccc3o2)cc1. The van der Waals surface area contributed by atoms with Gasteiger partial charge in [-0.05, 0) is 31.2 Å². The standard InChI is InChI=1S/C15H14N4O3S/c1-10-6-8-11(9-7-10)23(20,21)19-14(16)18-15-17-12-4-2-3-5-13(12)22-15/h2-9H,1H3,(H3,16,17,18,19). The van der Waals surface area contributed by atoms with E-state index in [1.807, 2.05) is 13.0 Å². The topological polar surface area (TPSA) is 111 Å². The molecule has 3 aromatic rings. The van der Waals surface area contributed by atoms with E-state index in [-0.39, 0.29) is 16.9 Å².